The smallest absolute Gasteiger partial charge is 0.322 e. The summed E-state index contributed by atoms with van der Waals surface area (Å²) < 4.78 is 0. The maximum atomic E-state index is 13.0. The summed E-state index contributed by atoms with van der Waals surface area (Å²) in [6.45, 7) is 1.79. The van der Waals surface area contributed by atoms with Crippen LogP contribution in [0.4, 0.5) is 16.2 Å². The van der Waals surface area contributed by atoms with Gasteiger partial charge in [0.15, 0.2) is 0 Å². The maximum Gasteiger partial charge on any atom is 0.322 e. The lowest BCUT2D eigenvalue weighted by Gasteiger charge is -2.34. The first-order chi connectivity index (χ1) is 14.5. The van der Waals surface area contributed by atoms with Gasteiger partial charge < -0.3 is 15.5 Å². The zero-order valence-corrected chi connectivity index (χ0v) is 17.4. The molecule has 3 aliphatic rings. The average Bonchev–Trinajstić information content (AvgIpc) is 3.32. The number of fused-ring (bicyclic) bond motifs is 1. The summed E-state index contributed by atoms with van der Waals surface area (Å²) in [6, 6.07) is 9.69. The van der Waals surface area contributed by atoms with Crippen molar-refractivity contribution < 1.29 is 14.4 Å². The summed E-state index contributed by atoms with van der Waals surface area (Å²) >= 11 is 1.81. The fourth-order valence-corrected chi connectivity index (χ4v) is 5.69. The summed E-state index contributed by atoms with van der Waals surface area (Å²) in [5.74, 6) is -0.455. The molecule has 5 rings (SSSR count). The van der Waals surface area contributed by atoms with Crippen LogP contribution < -0.4 is 20.9 Å². The largest absolute Gasteiger partial charge is 0.365 e. The standard InChI is InChI=1S/C22H24N4O3S/c27-19(14-5-9-22(10-6-14)20(28)24-21(29)25-22)23-16-3-1-2-4-17(16)26-11-7-18-15(13-26)8-12-30-18/h1-4,8,12,14H,5-7,9-11,13H2,(H,23,27)(H2,24,25,28,29). The number of nitrogens with zero attached hydrogens (tertiary/aromatic N) is 1. The minimum absolute atomic E-state index is 0.0183. The van der Waals surface area contributed by atoms with Gasteiger partial charge in [-0.2, -0.15) is 0 Å². The van der Waals surface area contributed by atoms with Gasteiger partial charge in [0, 0.05) is 23.9 Å². The molecule has 2 fully saturated rings. The number of anilines is 2. The maximum absolute atomic E-state index is 13.0. The molecule has 0 radical (unpaired) electrons. The minimum atomic E-state index is -0.836. The van der Waals surface area contributed by atoms with E-state index in [-0.39, 0.29) is 17.7 Å². The zero-order valence-electron chi connectivity index (χ0n) is 16.6. The Morgan fingerprint density at radius 3 is 2.73 bits per heavy atom. The van der Waals surface area contributed by atoms with Crippen molar-refractivity contribution in [3.63, 3.8) is 0 Å². The summed E-state index contributed by atoms with van der Waals surface area (Å²) in [5, 5.41) is 10.3. The molecule has 3 heterocycles. The number of hydrogen-bond donors (Lipinski definition) is 3. The molecule has 0 unspecified atom stereocenters. The van der Waals surface area contributed by atoms with Crippen LogP contribution in [0.2, 0.25) is 0 Å². The summed E-state index contributed by atoms with van der Waals surface area (Å²) in [7, 11) is 0. The Hall–Kier alpha value is -2.87. The van der Waals surface area contributed by atoms with Gasteiger partial charge >= 0.3 is 6.03 Å². The number of para-hydroxylation sites is 2. The van der Waals surface area contributed by atoms with Crippen LogP contribution in [0.25, 0.3) is 0 Å². The van der Waals surface area contributed by atoms with E-state index in [2.05, 4.69) is 38.4 Å². The topological polar surface area (TPSA) is 90.5 Å². The molecular weight excluding hydrogens is 400 g/mol. The number of carbonyl (C=O) groups excluding carboxylic acids is 3. The normalized spacial score (nSPS) is 25.6. The van der Waals surface area contributed by atoms with Gasteiger partial charge in [-0.25, -0.2) is 4.79 Å². The van der Waals surface area contributed by atoms with Crippen molar-refractivity contribution in [2.24, 2.45) is 5.92 Å². The van der Waals surface area contributed by atoms with Gasteiger partial charge in [-0.15, -0.1) is 11.3 Å². The van der Waals surface area contributed by atoms with Crippen molar-refractivity contribution in [2.45, 2.75) is 44.2 Å². The van der Waals surface area contributed by atoms with Gasteiger partial charge in [-0.3, -0.25) is 14.9 Å². The molecule has 8 heteroatoms. The van der Waals surface area contributed by atoms with Gasteiger partial charge in [-0.05, 0) is 61.2 Å². The highest BCUT2D eigenvalue weighted by Gasteiger charge is 2.48. The van der Waals surface area contributed by atoms with Crippen LogP contribution in [-0.4, -0.2) is 29.9 Å². The summed E-state index contributed by atoms with van der Waals surface area (Å²) in [4.78, 5) is 40.4. The van der Waals surface area contributed by atoms with Gasteiger partial charge in [0.2, 0.25) is 5.91 Å². The Balaban J connectivity index is 1.26. The molecule has 7 nitrogen and oxygen atoms in total. The van der Waals surface area contributed by atoms with Crippen molar-refractivity contribution in [1.82, 2.24) is 10.6 Å². The molecule has 1 spiro atoms. The lowest BCUT2D eigenvalue weighted by Crippen LogP contribution is -2.50. The fraction of sp³-hybridized carbons (Fsp3) is 0.409. The number of urea groups is 1. The quantitative estimate of drug-likeness (QED) is 0.661. The highest BCUT2D eigenvalue weighted by molar-refractivity contribution is 7.10. The second-order valence-corrected chi connectivity index (χ2v) is 9.31. The van der Waals surface area contributed by atoms with Crippen LogP contribution >= 0.6 is 11.3 Å². The van der Waals surface area contributed by atoms with E-state index >= 15 is 0 Å². The second-order valence-electron chi connectivity index (χ2n) is 8.31. The van der Waals surface area contributed by atoms with Crippen molar-refractivity contribution in [3.8, 4) is 0 Å². The molecule has 1 aliphatic carbocycles. The van der Waals surface area contributed by atoms with E-state index in [1.807, 2.05) is 29.5 Å². The molecule has 156 valence electrons. The van der Waals surface area contributed by atoms with Crippen LogP contribution in [0.15, 0.2) is 35.7 Å². The van der Waals surface area contributed by atoms with Crippen LogP contribution in [0.3, 0.4) is 0 Å². The molecule has 1 aromatic heterocycles. The predicted octanol–water partition coefficient (Wildman–Crippen LogP) is 3.02. The Morgan fingerprint density at radius 2 is 1.97 bits per heavy atom. The van der Waals surface area contributed by atoms with Gasteiger partial charge in [0.25, 0.3) is 5.91 Å². The van der Waals surface area contributed by atoms with E-state index < -0.39 is 11.6 Å². The van der Waals surface area contributed by atoms with Crippen molar-refractivity contribution in [2.75, 3.05) is 16.8 Å². The molecule has 0 bridgehead atoms. The number of carbonyl (C=O) groups is 3. The van der Waals surface area contributed by atoms with Crippen LogP contribution in [-0.2, 0) is 22.6 Å². The molecule has 1 aromatic carbocycles. The number of imide groups is 1. The third kappa shape index (κ3) is 3.35. The number of benzene rings is 1. The third-order valence-corrected chi connectivity index (χ3v) is 7.56. The highest BCUT2D eigenvalue weighted by atomic mass is 32.1. The Labute approximate surface area is 178 Å². The number of amides is 4. The zero-order chi connectivity index (χ0) is 20.7. The molecule has 30 heavy (non-hydrogen) atoms. The van der Waals surface area contributed by atoms with Gasteiger partial charge in [-0.1, -0.05) is 12.1 Å². The second kappa shape index (κ2) is 7.43. The van der Waals surface area contributed by atoms with Gasteiger partial charge in [0.1, 0.15) is 5.54 Å². The molecule has 0 atom stereocenters. The van der Waals surface area contributed by atoms with E-state index in [1.54, 1.807) is 0 Å². The first-order valence-electron chi connectivity index (χ1n) is 10.4. The minimum Gasteiger partial charge on any atom is -0.365 e. The number of thiophene rings is 1. The highest BCUT2D eigenvalue weighted by Crippen LogP contribution is 2.36. The Morgan fingerprint density at radius 1 is 1.17 bits per heavy atom. The number of rotatable bonds is 3. The first kappa shape index (κ1) is 19.1. The monoisotopic (exact) mass is 424 g/mol. The van der Waals surface area contributed by atoms with Gasteiger partial charge in [0.05, 0.1) is 11.4 Å². The fourth-order valence-electron chi connectivity index (χ4n) is 4.80. The molecule has 3 N–H and O–H groups in total. The molecule has 1 saturated carbocycles. The first-order valence-corrected chi connectivity index (χ1v) is 11.3. The Kier molecular flexibility index (Phi) is 4.73. The van der Waals surface area contributed by atoms with Crippen LogP contribution in [0.5, 0.6) is 0 Å². The molecule has 2 aliphatic heterocycles. The summed E-state index contributed by atoms with van der Waals surface area (Å²) in [6.07, 6.45) is 3.13. The predicted molar refractivity (Wildman–Crippen MR) is 116 cm³/mol. The van der Waals surface area contributed by atoms with E-state index in [0.29, 0.717) is 25.7 Å². The van der Waals surface area contributed by atoms with Crippen molar-refractivity contribution in [1.29, 1.82) is 0 Å². The van der Waals surface area contributed by atoms with E-state index in [9.17, 15) is 14.4 Å². The van der Waals surface area contributed by atoms with E-state index in [1.165, 1.54) is 10.4 Å². The van der Waals surface area contributed by atoms with Crippen molar-refractivity contribution in [3.05, 3.63) is 46.2 Å². The van der Waals surface area contributed by atoms with E-state index in [0.717, 1.165) is 30.9 Å². The Bertz CT molecular complexity index is 1010. The number of hydrogen-bond acceptors (Lipinski definition) is 5. The SMILES string of the molecule is O=C1NC(=O)C2(CCC(C(=O)Nc3ccccc3N3CCc4sccc4C3)CC2)N1. The van der Waals surface area contributed by atoms with Crippen LogP contribution in [0.1, 0.15) is 36.1 Å². The molecule has 4 amide bonds. The van der Waals surface area contributed by atoms with E-state index in [4.69, 9.17) is 0 Å². The molecular formula is C22H24N4O3S. The third-order valence-electron chi connectivity index (χ3n) is 6.53. The lowest BCUT2D eigenvalue weighted by atomic mass is 9.76. The lowest BCUT2D eigenvalue weighted by molar-refractivity contribution is -0.128. The molecule has 1 saturated heterocycles. The van der Waals surface area contributed by atoms with Crippen LogP contribution in [0, 0.1) is 5.92 Å². The number of nitrogens with one attached hydrogen (secondary N) is 3. The van der Waals surface area contributed by atoms with Crippen molar-refractivity contribution >= 4 is 40.6 Å². The summed E-state index contributed by atoms with van der Waals surface area (Å²) in [5.41, 5.74) is 2.39. The molecule has 2 aromatic rings. The average molecular weight is 425 g/mol.